The molecule has 0 aromatic rings. The Labute approximate surface area is 85.9 Å². The van der Waals surface area contributed by atoms with Crippen LogP contribution in [0.3, 0.4) is 0 Å². The molecule has 0 aromatic heterocycles. The molecule has 8 heteroatoms. The van der Waals surface area contributed by atoms with Crippen LogP contribution in [0.1, 0.15) is 6.42 Å². The fourth-order valence-corrected chi connectivity index (χ4v) is 1.37. The van der Waals surface area contributed by atoms with Gasteiger partial charge in [-0.2, -0.15) is 11.8 Å². The first-order valence-corrected chi connectivity index (χ1v) is 6.58. The van der Waals surface area contributed by atoms with Crippen molar-refractivity contribution in [1.82, 2.24) is 0 Å². The summed E-state index contributed by atoms with van der Waals surface area (Å²) >= 11 is 1.44. The van der Waals surface area contributed by atoms with Gasteiger partial charge in [-0.3, -0.25) is 4.79 Å². The van der Waals surface area contributed by atoms with Gasteiger partial charge in [0.25, 0.3) is 0 Å². The summed E-state index contributed by atoms with van der Waals surface area (Å²) in [7, 11) is -5.12. The van der Waals surface area contributed by atoms with Crippen molar-refractivity contribution in [3.05, 3.63) is 0 Å². The average molecular weight is 242 g/mol. The van der Waals surface area contributed by atoms with Crippen LogP contribution >= 0.6 is 19.6 Å². The van der Waals surface area contributed by atoms with Gasteiger partial charge in [0, 0.05) is 0 Å². The first-order chi connectivity index (χ1) is 6.37. The van der Waals surface area contributed by atoms with E-state index in [-0.39, 0.29) is 6.42 Å². The van der Waals surface area contributed by atoms with Crippen LogP contribution in [0.5, 0.6) is 0 Å². The van der Waals surface area contributed by atoms with Crippen LogP contribution < -0.4 is 9.79 Å². The third-order valence-electron chi connectivity index (χ3n) is 1.33. The number of phosphoric ester groups is 1. The molecule has 1 unspecified atom stereocenters. The summed E-state index contributed by atoms with van der Waals surface area (Å²) in [5.74, 6) is -0.231. The average Bonchev–Trinajstić information content (AvgIpc) is 2.09. The number of ketones is 1. The summed E-state index contributed by atoms with van der Waals surface area (Å²) in [5.41, 5.74) is 0. The van der Waals surface area contributed by atoms with Crippen molar-refractivity contribution >= 4 is 25.4 Å². The number of thioether (sulfide) groups is 1. The zero-order chi connectivity index (χ0) is 11.2. The fraction of sp³-hybridized carbons (Fsp3) is 0.833. The van der Waals surface area contributed by atoms with Crippen molar-refractivity contribution in [2.24, 2.45) is 0 Å². The van der Waals surface area contributed by atoms with Crippen molar-refractivity contribution in [2.45, 2.75) is 12.5 Å². The highest BCUT2D eigenvalue weighted by atomic mass is 32.2. The van der Waals surface area contributed by atoms with Crippen molar-refractivity contribution in [3.63, 3.8) is 0 Å². The molecule has 0 saturated heterocycles. The number of rotatable bonds is 7. The van der Waals surface area contributed by atoms with E-state index >= 15 is 0 Å². The second-order valence-electron chi connectivity index (χ2n) is 2.48. The lowest BCUT2D eigenvalue weighted by Crippen LogP contribution is -2.27. The summed E-state index contributed by atoms with van der Waals surface area (Å²) in [6, 6.07) is 0. The minimum atomic E-state index is -5.12. The summed E-state index contributed by atoms with van der Waals surface area (Å²) in [5, 5.41) is 9.11. The maximum absolute atomic E-state index is 10.9. The topological polar surface area (TPSA) is 110 Å². The van der Waals surface area contributed by atoms with E-state index in [0.29, 0.717) is 5.75 Å². The van der Waals surface area contributed by atoms with Gasteiger partial charge in [0.15, 0.2) is 5.78 Å². The predicted octanol–water partition coefficient (Wildman–Crippen LogP) is -1.49. The second-order valence-corrected chi connectivity index (χ2v) is 4.62. The van der Waals surface area contributed by atoms with Crippen LogP contribution in [-0.4, -0.2) is 35.6 Å². The zero-order valence-corrected chi connectivity index (χ0v) is 9.25. The molecule has 0 aliphatic carbocycles. The van der Waals surface area contributed by atoms with E-state index in [9.17, 15) is 19.1 Å². The Morgan fingerprint density at radius 3 is 2.64 bits per heavy atom. The highest BCUT2D eigenvalue weighted by Crippen LogP contribution is 2.24. The van der Waals surface area contributed by atoms with Gasteiger partial charge in [-0.1, -0.05) is 0 Å². The van der Waals surface area contributed by atoms with Gasteiger partial charge in [0.05, 0.1) is 7.82 Å². The Balaban J connectivity index is 3.79. The lowest BCUT2D eigenvalue weighted by Gasteiger charge is -2.28. The molecule has 0 aliphatic rings. The summed E-state index contributed by atoms with van der Waals surface area (Å²) in [4.78, 5) is 30.9. The molecule has 6 nitrogen and oxygen atoms in total. The van der Waals surface area contributed by atoms with Crippen molar-refractivity contribution in [3.8, 4) is 0 Å². The number of phosphoric acid groups is 1. The Bertz CT molecular complexity index is 226. The molecule has 0 aromatic carbocycles. The standard InChI is InChI=1S/C6H13O6PS/c1-14-3-2-5(7)6(8)4-12-13(9,10)11/h5,7H,2-4H2,1H3,(H2,9,10,11)/p-2. The molecule has 14 heavy (non-hydrogen) atoms. The number of aliphatic hydroxyl groups excluding tert-OH is 1. The van der Waals surface area contributed by atoms with Crippen LogP contribution in [0, 0.1) is 0 Å². The molecule has 0 bridgehead atoms. The first kappa shape index (κ1) is 14.1. The molecule has 0 aliphatic heterocycles. The zero-order valence-electron chi connectivity index (χ0n) is 7.54. The van der Waals surface area contributed by atoms with Crippen LogP contribution in [0.4, 0.5) is 0 Å². The minimum absolute atomic E-state index is 0.214. The SMILES string of the molecule is CSCCC(O)C(=O)COP(=O)([O-])[O-]. The Hall–Kier alpha value is 0.0900. The molecule has 0 saturated carbocycles. The van der Waals surface area contributed by atoms with E-state index in [1.54, 1.807) is 6.26 Å². The number of carbonyl (C=O) groups excluding carboxylic acids is 1. The van der Waals surface area contributed by atoms with Crippen LogP contribution in [-0.2, 0) is 13.9 Å². The van der Waals surface area contributed by atoms with Gasteiger partial charge in [-0.25, -0.2) is 0 Å². The fourth-order valence-electron chi connectivity index (χ4n) is 0.629. The maximum Gasteiger partial charge on any atom is 0.187 e. The molecule has 0 spiro atoms. The van der Waals surface area contributed by atoms with Gasteiger partial charge in [-0.15, -0.1) is 0 Å². The maximum atomic E-state index is 10.9. The molecular weight excluding hydrogens is 231 g/mol. The van der Waals surface area contributed by atoms with Crippen molar-refractivity contribution < 1.29 is 28.8 Å². The lowest BCUT2D eigenvalue weighted by molar-refractivity contribution is -0.341. The van der Waals surface area contributed by atoms with Crippen molar-refractivity contribution in [1.29, 1.82) is 0 Å². The minimum Gasteiger partial charge on any atom is -0.790 e. The Morgan fingerprint density at radius 2 is 2.21 bits per heavy atom. The predicted molar refractivity (Wildman–Crippen MR) is 47.6 cm³/mol. The van der Waals surface area contributed by atoms with Crippen molar-refractivity contribution in [2.75, 3.05) is 18.6 Å². The molecular formula is C6H11O6PS-2. The number of hydrogen-bond donors (Lipinski definition) is 1. The molecule has 84 valence electrons. The third kappa shape index (κ3) is 7.49. The van der Waals surface area contributed by atoms with Crippen LogP contribution in [0.25, 0.3) is 0 Å². The number of hydrogen-bond acceptors (Lipinski definition) is 7. The molecule has 1 atom stereocenters. The smallest absolute Gasteiger partial charge is 0.187 e. The summed E-state index contributed by atoms with van der Waals surface area (Å²) in [6.07, 6.45) is 0.747. The highest BCUT2D eigenvalue weighted by molar-refractivity contribution is 7.98. The largest absolute Gasteiger partial charge is 0.790 e. The van der Waals surface area contributed by atoms with E-state index in [1.165, 1.54) is 11.8 Å². The molecule has 0 fully saturated rings. The van der Waals surface area contributed by atoms with Crippen LogP contribution in [0.2, 0.25) is 0 Å². The van der Waals surface area contributed by atoms with E-state index in [0.717, 1.165) is 0 Å². The molecule has 0 heterocycles. The monoisotopic (exact) mass is 242 g/mol. The third-order valence-corrected chi connectivity index (χ3v) is 2.42. The summed E-state index contributed by atoms with van der Waals surface area (Å²) in [6.45, 7) is -0.889. The molecule has 0 radical (unpaired) electrons. The lowest BCUT2D eigenvalue weighted by atomic mass is 10.2. The van der Waals surface area contributed by atoms with E-state index in [2.05, 4.69) is 4.52 Å². The normalized spacial score (nSPS) is 14.0. The van der Waals surface area contributed by atoms with Gasteiger partial charge < -0.3 is 24.0 Å². The van der Waals surface area contributed by atoms with E-state index in [1.807, 2.05) is 0 Å². The number of Topliss-reactive ketones (excluding diaryl/α,β-unsaturated/α-hetero) is 1. The van der Waals surface area contributed by atoms with Gasteiger partial charge in [-0.05, 0) is 18.4 Å². The number of aliphatic hydroxyl groups is 1. The van der Waals surface area contributed by atoms with E-state index in [4.69, 9.17) is 5.11 Å². The van der Waals surface area contributed by atoms with Crippen LogP contribution in [0.15, 0.2) is 0 Å². The van der Waals surface area contributed by atoms with E-state index < -0.39 is 26.3 Å². The molecule has 1 N–H and O–H groups in total. The highest BCUT2D eigenvalue weighted by Gasteiger charge is 2.14. The first-order valence-electron chi connectivity index (χ1n) is 3.73. The Kier molecular flexibility index (Phi) is 6.59. The van der Waals surface area contributed by atoms with Gasteiger partial charge in [0.1, 0.15) is 12.7 Å². The molecule has 0 amide bonds. The summed E-state index contributed by atoms with van der Waals surface area (Å²) < 4.78 is 13.7. The number of carbonyl (C=O) groups is 1. The molecule has 0 rings (SSSR count). The van der Waals surface area contributed by atoms with Gasteiger partial charge in [0.2, 0.25) is 0 Å². The second kappa shape index (κ2) is 6.55. The Morgan fingerprint density at radius 1 is 1.64 bits per heavy atom. The van der Waals surface area contributed by atoms with Gasteiger partial charge >= 0.3 is 0 Å². The quantitative estimate of drug-likeness (QED) is 0.542.